The van der Waals surface area contributed by atoms with E-state index in [2.05, 4.69) is 29.3 Å². The summed E-state index contributed by atoms with van der Waals surface area (Å²) >= 11 is 0. The SMILES string of the molecule is CCCCCCCCCCCCCCCC(=O)Nc1cccc(C2OC(CN(C)CC(O)c3cccc(O)c3)C(c3ccccc3)C(c3ccc(CO)cc3)O2)c1. The molecule has 1 fully saturated rings. The molecule has 5 unspecified atom stereocenters. The van der Waals surface area contributed by atoms with Crippen LogP contribution in [0.3, 0.4) is 0 Å². The van der Waals surface area contributed by atoms with E-state index in [9.17, 15) is 20.1 Å². The first-order chi connectivity index (χ1) is 27.8. The number of anilines is 1. The van der Waals surface area contributed by atoms with Gasteiger partial charge in [-0.2, -0.15) is 0 Å². The molecule has 308 valence electrons. The predicted molar refractivity (Wildman–Crippen MR) is 229 cm³/mol. The molecule has 0 aliphatic carbocycles. The molecule has 0 radical (unpaired) electrons. The van der Waals surface area contributed by atoms with Crippen LogP contribution in [0.2, 0.25) is 0 Å². The van der Waals surface area contributed by atoms with E-state index in [0.717, 1.165) is 35.1 Å². The third-order valence-corrected chi connectivity index (χ3v) is 11.2. The molecule has 4 aromatic carbocycles. The van der Waals surface area contributed by atoms with Crippen LogP contribution in [0.25, 0.3) is 0 Å². The van der Waals surface area contributed by atoms with Gasteiger partial charge in [0.15, 0.2) is 6.29 Å². The largest absolute Gasteiger partial charge is 0.508 e. The maximum Gasteiger partial charge on any atom is 0.224 e. The highest BCUT2D eigenvalue weighted by Crippen LogP contribution is 2.47. The van der Waals surface area contributed by atoms with Crippen LogP contribution in [0, 0.1) is 0 Å². The molecule has 5 rings (SSSR count). The van der Waals surface area contributed by atoms with E-state index in [0.29, 0.717) is 30.8 Å². The molecule has 4 aromatic rings. The van der Waals surface area contributed by atoms with Gasteiger partial charge in [0.1, 0.15) is 5.75 Å². The first kappa shape index (κ1) is 44.1. The number of benzene rings is 4. The number of carbonyl (C=O) groups is 1. The summed E-state index contributed by atoms with van der Waals surface area (Å²) in [5.74, 6) is -0.0792. The molecule has 1 amide bonds. The minimum Gasteiger partial charge on any atom is -0.508 e. The number of phenolic OH excluding ortho intramolecular Hbond substituents is 1. The number of aliphatic hydroxyl groups is 2. The molecule has 4 N–H and O–H groups in total. The zero-order valence-corrected chi connectivity index (χ0v) is 34.2. The highest BCUT2D eigenvalue weighted by atomic mass is 16.7. The Morgan fingerprint density at radius 1 is 0.719 bits per heavy atom. The van der Waals surface area contributed by atoms with Crippen molar-refractivity contribution in [3.63, 3.8) is 0 Å². The molecule has 0 bridgehead atoms. The maximum absolute atomic E-state index is 13.0. The van der Waals surface area contributed by atoms with Crippen molar-refractivity contribution in [2.45, 2.75) is 134 Å². The van der Waals surface area contributed by atoms with Crippen molar-refractivity contribution >= 4 is 11.6 Å². The van der Waals surface area contributed by atoms with Crippen molar-refractivity contribution in [3.8, 4) is 5.75 Å². The van der Waals surface area contributed by atoms with Gasteiger partial charge in [-0.1, -0.05) is 163 Å². The molecule has 0 aromatic heterocycles. The molecule has 5 atom stereocenters. The summed E-state index contributed by atoms with van der Waals surface area (Å²) in [7, 11) is 1.96. The number of ether oxygens (including phenoxy) is 2. The zero-order chi connectivity index (χ0) is 40.2. The van der Waals surface area contributed by atoms with Crippen LogP contribution in [-0.2, 0) is 20.9 Å². The van der Waals surface area contributed by atoms with E-state index in [1.165, 1.54) is 70.6 Å². The van der Waals surface area contributed by atoms with Crippen LogP contribution >= 0.6 is 0 Å². The molecular weight excluding hydrogens is 713 g/mol. The number of carbonyl (C=O) groups excluding carboxylic acids is 1. The fourth-order valence-electron chi connectivity index (χ4n) is 7.97. The first-order valence-electron chi connectivity index (χ1n) is 21.5. The standard InChI is InChI=1S/C49H66N2O6/c1-3-4-5-6-7-8-9-10-11-12-13-14-18-27-46(55)50-42-25-19-24-41(32-42)49-56-45(35-51(2)34-44(54)40-23-20-26-43(53)33-40)47(38-21-16-15-17-22-38)48(57-49)39-30-28-37(36-52)29-31-39/h15-17,19-26,28-33,44-45,47-49,52-54H,3-14,18,27,34-36H2,1-2H3,(H,50,55). The van der Waals surface area contributed by atoms with Gasteiger partial charge in [0.2, 0.25) is 5.91 Å². The predicted octanol–water partition coefficient (Wildman–Crippen LogP) is 10.9. The highest BCUT2D eigenvalue weighted by Gasteiger charge is 2.42. The Morgan fingerprint density at radius 2 is 1.35 bits per heavy atom. The van der Waals surface area contributed by atoms with Gasteiger partial charge < -0.3 is 35.0 Å². The molecule has 0 spiro atoms. The molecular formula is C49H66N2O6. The topological polar surface area (TPSA) is 111 Å². The van der Waals surface area contributed by atoms with Gasteiger partial charge >= 0.3 is 0 Å². The molecule has 1 heterocycles. The van der Waals surface area contributed by atoms with Gasteiger partial charge in [-0.15, -0.1) is 0 Å². The van der Waals surface area contributed by atoms with E-state index in [1.54, 1.807) is 18.2 Å². The Bertz CT molecular complexity index is 1730. The summed E-state index contributed by atoms with van der Waals surface area (Å²) in [6.45, 7) is 3.02. The summed E-state index contributed by atoms with van der Waals surface area (Å²) in [6.07, 6.45) is 14.7. The van der Waals surface area contributed by atoms with Gasteiger partial charge in [0.25, 0.3) is 0 Å². The Kier molecular flexibility index (Phi) is 18.6. The molecule has 1 aliphatic heterocycles. The minimum atomic E-state index is -0.810. The Balaban J connectivity index is 1.23. The van der Waals surface area contributed by atoms with E-state index in [1.807, 2.05) is 79.8 Å². The lowest BCUT2D eigenvalue weighted by Gasteiger charge is -2.44. The van der Waals surface area contributed by atoms with E-state index in [4.69, 9.17) is 9.47 Å². The molecule has 57 heavy (non-hydrogen) atoms. The lowest BCUT2D eigenvalue weighted by molar-refractivity contribution is -0.263. The summed E-state index contributed by atoms with van der Waals surface area (Å²) in [4.78, 5) is 15.1. The number of nitrogens with zero attached hydrogens (tertiary/aromatic N) is 1. The molecule has 8 heteroatoms. The summed E-state index contributed by atoms with van der Waals surface area (Å²) < 4.78 is 13.8. The summed E-state index contributed by atoms with van der Waals surface area (Å²) in [5, 5.41) is 34.0. The smallest absolute Gasteiger partial charge is 0.224 e. The van der Waals surface area contributed by atoms with Crippen molar-refractivity contribution < 1.29 is 29.6 Å². The highest BCUT2D eigenvalue weighted by molar-refractivity contribution is 5.90. The maximum atomic E-state index is 13.0. The number of aromatic hydroxyl groups is 1. The second-order valence-electron chi connectivity index (χ2n) is 15.9. The quantitative estimate of drug-likeness (QED) is 0.0524. The van der Waals surface area contributed by atoms with Gasteiger partial charge in [-0.3, -0.25) is 4.79 Å². The van der Waals surface area contributed by atoms with Gasteiger partial charge in [-0.05, 0) is 60.0 Å². The number of likely N-dealkylation sites (N-methyl/N-ethyl adjacent to an activating group) is 1. The van der Waals surface area contributed by atoms with Gasteiger partial charge in [-0.25, -0.2) is 0 Å². The zero-order valence-electron chi connectivity index (χ0n) is 34.2. The number of phenols is 1. The monoisotopic (exact) mass is 778 g/mol. The number of aliphatic hydroxyl groups excluding tert-OH is 2. The Hall–Kier alpha value is -4.05. The fraction of sp³-hybridized carbons (Fsp3) is 0.490. The molecule has 8 nitrogen and oxygen atoms in total. The normalized spacial score (nSPS) is 18.8. The second-order valence-corrected chi connectivity index (χ2v) is 15.9. The van der Waals surface area contributed by atoms with Crippen molar-refractivity contribution in [3.05, 3.63) is 131 Å². The number of rotatable bonds is 24. The third-order valence-electron chi connectivity index (χ3n) is 11.2. The second kappa shape index (κ2) is 24.0. The van der Waals surface area contributed by atoms with Crippen molar-refractivity contribution in [2.24, 2.45) is 0 Å². The van der Waals surface area contributed by atoms with Crippen LogP contribution in [0.5, 0.6) is 5.75 Å². The Labute approximate surface area is 341 Å². The van der Waals surface area contributed by atoms with Gasteiger partial charge in [0.05, 0.1) is 24.9 Å². The Morgan fingerprint density at radius 3 is 2.00 bits per heavy atom. The summed E-state index contributed by atoms with van der Waals surface area (Å²) in [6, 6.07) is 32.5. The third kappa shape index (κ3) is 14.4. The average molecular weight is 779 g/mol. The van der Waals surface area contributed by atoms with Crippen LogP contribution in [0.4, 0.5) is 5.69 Å². The van der Waals surface area contributed by atoms with Crippen LogP contribution in [0.1, 0.15) is 149 Å². The van der Waals surface area contributed by atoms with E-state index in [-0.39, 0.29) is 30.3 Å². The molecule has 1 aliphatic rings. The first-order valence-corrected chi connectivity index (χ1v) is 21.5. The summed E-state index contributed by atoms with van der Waals surface area (Å²) in [5.41, 5.74) is 4.98. The number of unbranched alkanes of at least 4 members (excludes halogenated alkanes) is 12. The molecule has 1 saturated heterocycles. The number of amides is 1. The van der Waals surface area contributed by atoms with Crippen LogP contribution in [-0.4, -0.2) is 52.4 Å². The van der Waals surface area contributed by atoms with E-state index < -0.39 is 18.5 Å². The van der Waals surface area contributed by atoms with Crippen molar-refractivity contribution in [2.75, 3.05) is 25.5 Å². The average Bonchev–Trinajstić information content (AvgIpc) is 3.22. The van der Waals surface area contributed by atoms with Gasteiger partial charge in [0, 0.05) is 36.7 Å². The van der Waals surface area contributed by atoms with Crippen molar-refractivity contribution in [1.82, 2.24) is 4.90 Å². The lowest BCUT2D eigenvalue weighted by Crippen LogP contribution is -2.44. The lowest BCUT2D eigenvalue weighted by atomic mass is 9.83. The number of nitrogens with one attached hydrogen (secondary N) is 1. The van der Waals surface area contributed by atoms with Crippen LogP contribution < -0.4 is 5.32 Å². The van der Waals surface area contributed by atoms with Crippen LogP contribution in [0.15, 0.2) is 103 Å². The fourth-order valence-corrected chi connectivity index (χ4v) is 7.97. The minimum absolute atomic E-state index is 0.0106. The number of hydrogen-bond donors (Lipinski definition) is 4. The van der Waals surface area contributed by atoms with Crippen molar-refractivity contribution in [1.29, 1.82) is 0 Å². The molecule has 0 saturated carbocycles. The number of hydrogen-bond acceptors (Lipinski definition) is 7. The van der Waals surface area contributed by atoms with E-state index >= 15 is 0 Å².